The van der Waals surface area contributed by atoms with Crippen molar-refractivity contribution in [1.29, 1.82) is 0 Å². The Morgan fingerprint density at radius 2 is 1.63 bits per heavy atom. The van der Waals surface area contributed by atoms with Crippen molar-refractivity contribution >= 4 is 23.2 Å². The molecule has 2 amide bonds. The molecule has 0 bridgehead atoms. The van der Waals surface area contributed by atoms with Crippen LogP contribution in [0.3, 0.4) is 0 Å². The Balaban J connectivity index is 1.83. The SMILES string of the molecule is CC(=O)Nc1ccc(NC(=O)c2nn(-c3cccc(C)c3)ccc2=O)cc1. The predicted molar refractivity (Wildman–Crippen MR) is 103 cm³/mol. The topological polar surface area (TPSA) is 93.1 Å². The second-order valence-electron chi connectivity index (χ2n) is 6.02. The van der Waals surface area contributed by atoms with E-state index in [2.05, 4.69) is 15.7 Å². The van der Waals surface area contributed by atoms with E-state index in [0.29, 0.717) is 11.4 Å². The maximum Gasteiger partial charge on any atom is 0.280 e. The summed E-state index contributed by atoms with van der Waals surface area (Å²) < 4.78 is 1.49. The minimum atomic E-state index is -0.603. The molecule has 0 saturated heterocycles. The van der Waals surface area contributed by atoms with Crippen LogP contribution in [0.25, 0.3) is 5.69 Å². The van der Waals surface area contributed by atoms with Gasteiger partial charge in [-0.2, -0.15) is 5.10 Å². The minimum Gasteiger partial charge on any atom is -0.326 e. The first kappa shape index (κ1) is 18.1. The van der Waals surface area contributed by atoms with Gasteiger partial charge in [0.2, 0.25) is 11.3 Å². The molecule has 0 atom stereocenters. The molecule has 1 aromatic heterocycles. The number of carbonyl (C=O) groups excluding carboxylic acids is 2. The summed E-state index contributed by atoms with van der Waals surface area (Å²) in [7, 11) is 0. The number of carbonyl (C=O) groups is 2. The third-order valence-electron chi connectivity index (χ3n) is 3.75. The Bertz CT molecular complexity index is 1060. The van der Waals surface area contributed by atoms with E-state index in [9.17, 15) is 14.4 Å². The molecule has 0 aliphatic rings. The molecule has 2 N–H and O–H groups in total. The van der Waals surface area contributed by atoms with Crippen LogP contribution in [0.15, 0.2) is 65.6 Å². The molecule has 7 heteroatoms. The predicted octanol–water partition coefficient (Wildman–Crippen LogP) is 2.75. The van der Waals surface area contributed by atoms with Crippen LogP contribution in [0.5, 0.6) is 0 Å². The zero-order valence-electron chi connectivity index (χ0n) is 14.9. The summed E-state index contributed by atoms with van der Waals surface area (Å²) in [6.45, 7) is 3.36. The highest BCUT2D eigenvalue weighted by molar-refractivity contribution is 6.02. The average molecular weight is 362 g/mol. The lowest BCUT2D eigenvalue weighted by Gasteiger charge is -2.09. The lowest BCUT2D eigenvalue weighted by atomic mass is 10.2. The molecule has 0 spiro atoms. The number of nitrogens with one attached hydrogen (secondary N) is 2. The molecule has 0 unspecified atom stereocenters. The second-order valence-corrected chi connectivity index (χ2v) is 6.02. The van der Waals surface area contributed by atoms with Crippen LogP contribution in [0.1, 0.15) is 23.0 Å². The Hall–Kier alpha value is -3.74. The lowest BCUT2D eigenvalue weighted by molar-refractivity contribution is -0.114. The zero-order valence-corrected chi connectivity index (χ0v) is 14.9. The van der Waals surface area contributed by atoms with Crippen LogP contribution in [0.2, 0.25) is 0 Å². The zero-order chi connectivity index (χ0) is 19.4. The van der Waals surface area contributed by atoms with Gasteiger partial charge in [-0.25, -0.2) is 4.68 Å². The van der Waals surface area contributed by atoms with Crippen molar-refractivity contribution in [2.45, 2.75) is 13.8 Å². The van der Waals surface area contributed by atoms with Gasteiger partial charge in [0.25, 0.3) is 5.91 Å². The molecule has 3 rings (SSSR count). The van der Waals surface area contributed by atoms with Crippen LogP contribution in [-0.2, 0) is 4.79 Å². The molecule has 136 valence electrons. The molecule has 0 aliphatic heterocycles. The third kappa shape index (κ3) is 4.46. The number of aryl methyl sites for hydroxylation is 1. The summed E-state index contributed by atoms with van der Waals surface area (Å²) in [6.07, 6.45) is 1.52. The van der Waals surface area contributed by atoms with E-state index >= 15 is 0 Å². The quantitative estimate of drug-likeness (QED) is 0.746. The van der Waals surface area contributed by atoms with Gasteiger partial charge in [-0.3, -0.25) is 14.4 Å². The van der Waals surface area contributed by atoms with Gasteiger partial charge in [0.1, 0.15) is 0 Å². The molecular formula is C20H18N4O3. The van der Waals surface area contributed by atoms with Crippen LogP contribution in [0, 0.1) is 6.92 Å². The number of benzene rings is 2. The Morgan fingerprint density at radius 3 is 2.26 bits per heavy atom. The molecule has 0 radical (unpaired) electrons. The van der Waals surface area contributed by atoms with E-state index in [4.69, 9.17) is 0 Å². The molecular weight excluding hydrogens is 344 g/mol. The summed E-state index contributed by atoms with van der Waals surface area (Å²) in [5.74, 6) is -0.786. The van der Waals surface area contributed by atoms with Gasteiger partial charge in [0.05, 0.1) is 5.69 Å². The highest BCUT2D eigenvalue weighted by Gasteiger charge is 2.14. The summed E-state index contributed by atoms with van der Waals surface area (Å²) >= 11 is 0. The highest BCUT2D eigenvalue weighted by Crippen LogP contribution is 2.14. The van der Waals surface area contributed by atoms with Crippen LogP contribution < -0.4 is 16.1 Å². The van der Waals surface area contributed by atoms with Crippen LogP contribution in [-0.4, -0.2) is 21.6 Å². The number of anilines is 2. The molecule has 0 aliphatic carbocycles. The first-order valence-electron chi connectivity index (χ1n) is 8.28. The molecule has 7 nitrogen and oxygen atoms in total. The van der Waals surface area contributed by atoms with Crippen molar-refractivity contribution < 1.29 is 9.59 Å². The van der Waals surface area contributed by atoms with Crippen molar-refractivity contribution in [1.82, 2.24) is 9.78 Å². The Labute approximate surface area is 155 Å². The summed E-state index contributed by atoms with van der Waals surface area (Å²) in [4.78, 5) is 35.6. The average Bonchev–Trinajstić information content (AvgIpc) is 2.63. The van der Waals surface area contributed by atoms with E-state index in [1.165, 1.54) is 23.9 Å². The van der Waals surface area contributed by atoms with Crippen molar-refractivity contribution in [3.63, 3.8) is 0 Å². The van der Waals surface area contributed by atoms with Crippen molar-refractivity contribution in [2.24, 2.45) is 0 Å². The summed E-state index contributed by atoms with van der Waals surface area (Å²) in [5, 5.41) is 9.45. The number of amides is 2. The Kier molecular flexibility index (Phi) is 5.12. The number of hydrogen-bond donors (Lipinski definition) is 2. The van der Waals surface area contributed by atoms with Gasteiger partial charge in [-0.15, -0.1) is 0 Å². The molecule has 0 saturated carbocycles. The fraction of sp³-hybridized carbons (Fsp3) is 0.100. The van der Waals surface area contributed by atoms with E-state index in [1.54, 1.807) is 24.3 Å². The highest BCUT2D eigenvalue weighted by atomic mass is 16.2. The van der Waals surface area contributed by atoms with Crippen molar-refractivity contribution in [3.8, 4) is 5.69 Å². The number of rotatable bonds is 4. The van der Waals surface area contributed by atoms with E-state index in [-0.39, 0.29) is 11.6 Å². The maximum atomic E-state index is 12.5. The smallest absolute Gasteiger partial charge is 0.280 e. The Morgan fingerprint density at radius 1 is 0.963 bits per heavy atom. The van der Waals surface area contributed by atoms with E-state index < -0.39 is 11.3 Å². The first-order valence-corrected chi connectivity index (χ1v) is 8.28. The third-order valence-corrected chi connectivity index (χ3v) is 3.75. The van der Waals surface area contributed by atoms with Gasteiger partial charge in [-0.05, 0) is 48.9 Å². The molecule has 0 fully saturated rings. The molecule has 27 heavy (non-hydrogen) atoms. The first-order chi connectivity index (χ1) is 12.9. The second kappa shape index (κ2) is 7.65. The fourth-order valence-electron chi connectivity index (χ4n) is 2.51. The van der Waals surface area contributed by atoms with Crippen LogP contribution in [0.4, 0.5) is 11.4 Å². The van der Waals surface area contributed by atoms with Gasteiger partial charge < -0.3 is 10.6 Å². The number of hydrogen-bond acceptors (Lipinski definition) is 4. The van der Waals surface area contributed by atoms with Gasteiger partial charge in [-0.1, -0.05) is 12.1 Å². The van der Waals surface area contributed by atoms with Crippen molar-refractivity contribution in [2.75, 3.05) is 10.6 Å². The van der Waals surface area contributed by atoms with Gasteiger partial charge >= 0.3 is 0 Å². The fourth-order valence-corrected chi connectivity index (χ4v) is 2.51. The monoisotopic (exact) mass is 362 g/mol. The molecule has 1 heterocycles. The van der Waals surface area contributed by atoms with E-state index in [1.807, 2.05) is 31.2 Å². The minimum absolute atomic E-state index is 0.183. The number of aromatic nitrogens is 2. The summed E-state index contributed by atoms with van der Waals surface area (Å²) in [5.41, 5.74) is 2.22. The maximum absolute atomic E-state index is 12.5. The number of nitrogens with zero attached hydrogens (tertiary/aromatic N) is 2. The van der Waals surface area contributed by atoms with Gasteiger partial charge in [0.15, 0.2) is 5.69 Å². The molecule has 2 aromatic carbocycles. The standard InChI is InChI=1S/C20H18N4O3/c1-13-4-3-5-17(12-13)24-11-10-18(26)19(23-24)20(27)22-16-8-6-15(7-9-16)21-14(2)25/h3-12H,1-2H3,(H,21,25)(H,22,27). The normalized spacial score (nSPS) is 10.3. The molecule has 3 aromatic rings. The van der Waals surface area contributed by atoms with Crippen molar-refractivity contribution in [3.05, 3.63) is 82.3 Å². The van der Waals surface area contributed by atoms with Gasteiger partial charge in [0, 0.05) is 30.6 Å². The van der Waals surface area contributed by atoms with Crippen LogP contribution >= 0.6 is 0 Å². The lowest BCUT2D eigenvalue weighted by Crippen LogP contribution is -2.25. The van der Waals surface area contributed by atoms with E-state index in [0.717, 1.165) is 11.3 Å². The largest absolute Gasteiger partial charge is 0.326 e. The summed E-state index contributed by atoms with van der Waals surface area (Å²) in [6, 6.07) is 15.4.